The van der Waals surface area contributed by atoms with Gasteiger partial charge in [-0.2, -0.15) is 0 Å². The summed E-state index contributed by atoms with van der Waals surface area (Å²) in [5.74, 6) is 0. The van der Waals surface area contributed by atoms with Crippen molar-refractivity contribution in [2.45, 2.75) is 0 Å². The van der Waals surface area contributed by atoms with Crippen molar-refractivity contribution in [1.82, 2.24) is 9.97 Å². The Morgan fingerprint density at radius 1 is 0.372 bits per heavy atom. The van der Waals surface area contributed by atoms with E-state index in [1.54, 1.807) is 0 Å². The highest BCUT2D eigenvalue weighted by atomic mass is 16.3. The maximum Gasteiger partial charge on any atom is 0.135 e. The third kappa shape index (κ3) is 3.83. The molecule has 0 radical (unpaired) electrons. The molecule has 2 heterocycles. The molecule has 2 aromatic heterocycles. The van der Waals surface area contributed by atoms with E-state index in [0.717, 1.165) is 60.6 Å². The lowest BCUT2D eigenvalue weighted by molar-refractivity contribution is 0.669. The van der Waals surface area contributed by atoms with E-state index in [1.165, 1.54) is 27.5 Å². The van der Waals surface area contributed by atoms with E-state index in [2.05, 4.69) is 127 Å². The molecule has 0 aliphatic rings. The molecule has 9 rings (SSSR count). The fourth-order valence-electron chi connectivity index (χ4n) is 6.38. The van der Waals surface area contributed by atoms with E-state index >= 15 is 0 Å². The van der Waals surface area contributed by atoms with Crippen molar-refractivity contribution in [1.29, 1.82) is 0 Å². The van der Waals surface area contributed by atoms with Gasteiger partial charge in [-0.3, -0.25) is 4.98 Å². The number of rotatable bonds is 3. The summed E-state index contributed by atoms with van der Waals surface area (Å²) in [7, 11) is 0. The smallest absolute Gasteiger partial charge is 0.135 e. The summed E-state index contributed by atoms with van der Waals surface area (Å²) in [6, 6.07) is 48.9. The first-order chi connectivity index (χ1) is 21.3. The first-order valence-corrected chi connectivity index (χ1v) is 14.5. The van der Waals surface area contributed by atoms with Crippen LogP contribution < -0.4 is 0 Å². The van der Waals surface area contributed by atoms with Crippen LogP contribution in [0.4, 0.5) is 0 Å². The van der Waals surface area contributed by atoms with Crippen LogP contribution in [0.3, 0.4) is 0 Å². The van der Waals surface area contributed by atoms with Gasteiger partial charge in [-0.15, -0.1) is 0 Å². The molecule has 0 aliphatic carbocycles. The minimum atomic E-state index is 0.869. The molecule has 0 N–H and O–H groups in total. The predicted molar refractivity (Wildman–Crippen MR) is 178 cm³/mol. The first kappa shape index (κ1) is 23.9. The van der Waals surface area contributed by atoms with Gasteiger partial charge in [0.05, 0.1) is 22.9 Å². The molecule has 43 heavy (non-hydrogen) atoms. The number of aromatic nitrogens is 2. The van der Waals surface area contributed by atoms with Gasteiger partial charge in [0, 0.05) is 27.1 Å². The molecular formula is C40H24N2O. The van der Waals surface area contributed by atoms with Crippen LogP contribution in [-0.4, -0.2) is 9.97 Å². The van der Waals surface area contributed by atoms with Crippen LogP contribution in [0.1, 0.15) is 0 Å². The van der Waals surface area contributed by atoms with E-state index < -0.39 is 0 Å². The van der Waals surface area contributed by atoms with Gasteiger partial charge in [-0.05, 0) is 57.3 Å². The maximum absolute atomic E-state index is 6.04. The Bertz CT molecular complexity index is 2470. The third-order valence-electron chi connectivity index (χ3n) is 8.51. The standard InChI is InChI=1S/C40H24N2O/c1-3-13-33-30(10-1)31-11-2-4-14-34(31)40-39(33)41-24-36(42-40)26-18-16-25(17-19-26)27-8-7-9-28(22-27)29-20-21-38-35(23-29)32-12-5-6-15-37(32)43-38/h1-24H. The van der Waals surface area contributed by atoms with Gasteiger partial charge < -0.3 is 4.42 Å². The Kier molecular flexibility index (Phi) is 5.20. The van der Waals surface area contributed by atoms with Crippen LogP contribution in [0.25, 0.3) is 88.0 Å². The number of hydrogen-bond acceptors (Lipinski definition) is 3. The molecular weight excluding hydrogens is 524 g/mol. The lowest BCUT2D eigenvalue weighted by atomic mass is 9.97. The van der Waals surface area contributed by atoms with Crippen molar-refractivity contribution >= 4 is 54.5 Å². The Hall–Kier alpha value is -5.80. The molecule has 0 spiro atoms. The van der Waals surface area contributed by atoms with Crippen LogP contribution in [0.15, 0.2) is 150 Å². The van der Waals surface area contributed by atoms with Gasteiger partial charge in [0.1, 0.15) is 11.2 Å². The van der Waals surface area contributed by atoms with Crippen molar-refractivity contribution in [2.24, 2.45) is 0 Å². The largest absolute Gasteiger partial charge is 0.456 e. The fraction of sp³-hybridized carbons (Fsp3) is 0. The van der Waals surface area contributed by atoms with Crippen molar-refractivity contribution in [3.63, 3.8) is 0 Å². The predicted octanol–water partition coefficient (Wildman–Crippen LogP) is 10.8. The highest BCUT2D eigenvalue weighted by molar-refractivity contribution is 6.23. The Morgan fingerprint density at radius 2 is 0.930 bits per heavy atom. The molecule has 7 aromatic carbocycles. The molecule has 3 nitrogen and oxygen atoms in total. The van der Waals surface area contributed by atoms with E-state index in [0.29, 0.717) is 0 Å². The van der Waals surface area contributed by atoms with Crippen molar-refractivity contribution in [3.05, 3.63) is 146 Å². The zero-order valence-corrected chi connectivity index (χ0v) is 23.2. The topological polar surface area (TPSA) is 38.9 Å². The molecule has 0 bridgehead atoms. The Morgan fingerprint density at radius 3 is 1.70 bits per heavy atom. The zero-order valence-electron chi connectivity index (χ0n) is 23.2. The lowest BCUT2D eigenvalue weighted by Gasteiger charge is -2.11. The maximum atomic E-state index is 6.04. The third-order valence-corrected chi connectivity index (χ3v) is 8.51. The molecule has 0 amide bonds. The van der Waals surface area contributed by atoms with Gasteiger partial charge >= 0.3 is 0 Å². The van der Waals surface area contributed by atoms with Gasteiger partial charge in [0.15, 0.2) is 0 Å². The summed E-state index contributed by atoms with van der Waals surface area (Å²) >= 11 is 0. The van der Waals surface area contributed by atoms with Gasteiger partial charge in [-0.25, -0.2) is 4.98 Å². The van der Waals surface area contributed by atoms with Gasteiger partial charge in [-0.1, -0.05) is 115 Å². The Balaban J connectivity index is 1.09. The quantitative estimate of drug-likeness (QED) is 0.206. The summed E-state index contributed by atoms with van der Waals surface area (Å²) in [5, 5.41) is 6.94. The highest BCUT2D eigenvalue weighted by Crippen LogP contribution is 2.36. The highest BCUT2D eigenvalue weighted by Gasteiger charge is 2.13. The minimum Gasteiger partial charge on any atom is -0.456 e. The van der Waals surface area contributed by atoms with Crippen LogP contribution in [0.2, 0.25) is 0 Å². The van der Waals surface area contributed by atoms with Crippen LogP contribution in [0.5, 0.6) is 0 Å². The van der Waals surface area contributed by atoms with Gasteiger partial charge in [0.25, 0.3) is 0 Å². The zero-order chi connectivity index (χ0) is 28.3. The van der Waals surface area contributed by atoms with E-state index in [1.807, 2.05) is 18.3 Å². The van der Waals surface area contributed by atoms with E-state index in [4.69, 9.17) is 14.4 Å². The SMILES string of the molecule is c1cc(-c2ccc(-c3cnc4c5ccccc5c5ccccc5c4n3)cc2)cc(-c2ccc3oc4ccccc4c3c2)c1. The summed E-state index contributed by atoms with van der Waals surface area (Å²) in [5.41, 5.74) is 10.3. The monoisotopic (exact) mass is 548 g/mol. The number of hydrogen-bond donors (Lipinski definition) is 0. The second-order valence-corrected chi connectivity index (χ2v) is 11.0. The number of furan rings is 1. The van der Waals surface area contributed by atoms with Crippen molar-refractivity contribution in [2.75, 3.05) is 0 Å². The number of nitrogens with zero attached hydrogens (tertiary/aromatic N) is 2. The second kappa shape index (κ2) is 9.37. The number of para-hydroxylation sites is 1. The summed E-state index contributed by atoms with van der Waals surface area (Å²) < 4.78 is 6.04. The van der Waals surface area contributed by atoms with Crippen LogP contribution in [0, 0.1) is 0 Å². The molecule has 0 atom stereocenters. The fourth-order valence-corrected chi connectivity index (χ4v) is 6.38. The normalized spacial score (nSPS) is 11.7. The lowest BCUT2D eigenvalue weighted by Crippen LogP contribution is -1.92. The van der Waals surface area contributed by atoms with Gasteiger partial charge in [0.2, 0.25) is 0 Å². The average molecular weight is 549 g/mol. The minimum absolute atomic E-state index is 0.869. The number of benzene rings is 7. The average Bonchev–Trinajstić information content (AvgIpc) is 3.46. The Labute approximate surface area is 247 Å². The summed E-state index contributed by atoms with van der Waals surface area (Å²) in [6.45, 7) is 0. The van der Waals surface area contributed by atoms with E-state index in [-0.39, 0.29) is 0 Å². The molecule has 0 fully saturated rings. The van der Waals surface area contributed by atoms with Crippen LogP contribution in [-0.2, 0) is 0 Å². The summed E-state index contributed by atoms with van der Waals surface area (Å²) in [4.78, 5) is 10.1. The van der Waals surface area contributed by atoms with Crippen molar-refractivity contribution in [3.8, 4) is 33.5 Å². The second-order valence-electron chi connectivity index (χ2n) is 11.0. The molecule has 9 aromatic rings. The van der Waals surface area contributed by atoms with Crippen LogP contribution >= 0.6 is 0 Å². The first-order valence-electron chi connectivity index (χ1n) is 14.5. The van der Waals surface area contributed by atoms with Crippen molar-refractivity contribution < 1.29 is 4.42 Å². The molecule has 200 valence electrons. The molecule has 0 saturated carbocycles. The van der Waals surface area contributed by atoms with E-state index in [9.17, 15) is 0 Å². The summed E-state index contributed by atoms with van der Waals surface area (Å²) in [6.07, 6.45) is 1.90. The molecule has 0 unspecified atom stereocenters. The molecule has 0 saturated heterocycles. The molecule has 0 aliphatic heterocycles. The molecule has 3 heteroatoms. The number of fused-ring (bicyclic) bond motifs is 9.